The van der Waals surface area contributed by atoms with E-state index >= 15 is 0 Å². The number of hydrogen-bond donors (Lipinski definition) is 0. The molecule has 27 heavy (non-hydrogen) atoms. The summed E-state index contributed by atoms with van der Waals surface area (Å²) in [5.74, 6) is -1.41. The number of rotatable bonds is 5. The summed E-state index contributed by atoms with van der Waals surface area (Å²) in [6, 6.07) is 7.60. The predicted molar refractivity (Wildman–Crippen MR) is 101 cm³/mol. The largest absolute Gasteiger partial charge is 0.426 e. The summed E-state index contributed by atoms with van der Waals surface area (Å²) in [5, 5.41) is 10.9. The third-order valence-electron chi connectivity index (χ3n) is 5.37. The summed E-state index contributed by atoms with van der Waals surface area (Å²) in [4.78, 5) is 23.2. The smallest absolute Gasteiger partial charge is 0.358 e. The van der Waals surface area contributed by atoms with Gasteiger partial charge in [0.25, 0.3) is 0 Å². The van der Waals surface area contributed by atoms with Crippen LogP contribution in [0.5, 0.6) is 5.75 Å². The Morgan fingerprint density at radius 3 is 2.33 bits per heavy atom. The van der Waals surface area contributed by atoms with E-state index in [4.69, 9.17) is 4.74 Å². The molecule has 1 saturated carbocycles. The molecule has 140 valence electrons. The first-order valence-electron chi connectivity index (χ1n) is 9.47. The average Bonchev–Trinajstić information content (AvgIpc) is 2.70. The van der Waals surface area contributed by atoms with Crippen LogP contribution in [0.1, 0.15) is 44.6 Å². The Hall–Kier alpha value is -2.62. The lowest BCUT2D eigenvalue weighted by molar-refractivity contribution is -0.151. The topological polar surface area (TPSA) is 63.3 Å². The lowest BCUT2D eigenvalue weighted by Gasteiger charge is -2.23. The molecule has 1 aromatic carbocycles. The fourth-order valence-electron chi connectivity index (χ4n) is 3.63. The Labute approximate surface area is 160 Å². The van der Waals surface area contributed by atoms with Crippen molar-refractivity contribution in [3.05, 3.63) is 65.3 Å². The van der Waals surface area contributed by atoms with Gasteiger partial charge in [-0.1, -0.05) is 35.9 Å². The van der Waals surface area contributed by atoms with E-state index in [1.807, 2.05) is 36.4 Å². The van der Waals surface area contributed by atoms with Crippen molar-refractivity contribution in [1.29, 1.82) is 0 Å². The zero-order valence-electron chi connectivity index (χ0n) is 15.6. The van der Waals surface area contributed by atoms with Gasteiger partial charge in [-0.05, 0) is 74.8 Å². The first kappa shape index (κ1) is 19.2. The van der Waals surface area contributed by atoms with Crippen LogP contribution in [0.2, 0.25) is 0 Å². The van der Waals surface area contributed by atoms with Crippen LogP contribution in [0.3, 0.4) is 0 Å². The number of carbonyl (C=O) groups is 2. The van der Waals surface area contributed by atoms with Crippen LogP contribution in [-0.4, -0.2) is 11.9 Å². The second kappa shape index (κ2) is 8.85. The maximum atomic E-state index is 12.3. The molecule has 0 aromatic heterocycles. The number of ether oxygens (including phenoxy) is 1. The SMILES string of the molecule is CC(Cc1ccc(OC(=O)C2CCC(C([O])=O)CC2)cc1)=C1C=C[C]=CC1. The molecule has 2 radical (unpaired) electrons. The standard InChI is InChI=1S/C23H24O4/c1-16(18-5-3-2-4-6-18)15-17-7-13-21(14-8-17)27-23(26)20-11-9-19(10-12-20)22(24)25/h3-5,7-8,13-14,19-20H,6,9-12,15H2,1H3. The molecule has 0 bridgehead atoms. The first-order valence-corrected chi connectivity index (χ1v) is 9.47. The highest BCUT2D eigenvalue weighted by molar-refractivity contribution is 5.76. The molecule has 2 aliphatic rings. The van der Waals surface area contributed by atoms with Crippen molar-refractivity contribution < 1.29 is 19.4 Å². The van der Waals surface area contributed by atoms with E-state index in [1.54, 1.807) is 0 Å². The van der Waals surface area contributed by atoms with Gasteiger partial charge in [0.1, 0.15) is 5.75 Å². The number of allylic oxidation sites excluding steroid dienone is 6. The second-order valence-corrected chi connectivity index (χ2v) is 7.32. The van der Waals surface area contributed by atoms with Gasteiger partial charge in [-0.2, -0.15) is 0 Å². The highest BCUT2D eigenvalue weighted by Gasteiger charge is 2.31. The van der Waals surface area contributed by atoms with Gasteiger partial charge >= 0.3 is 11.9 Å². The number of carbonyl (C=O) groups excluding carboxylic acids is 2. The van der Waals surface area contributed by atoms with Crippen molar-refractivity contribution in [1.82, 2.24) is 0 Å². The van der Waals surface area contributed by atoms with Crippen LogP contribution in [0.4, 0.5) is 0 Å². The minimum Gasteiger partial charge on any atom is -0.426 e. The number of hydrogen-bond acceptors (Lipinski definition) is 3. The van der Waals surface area contributed by atoms with Gasteiger partial charge in [-0.25, -0.2) is 9.90 Å². The normalized spacial score (nSPS) is 23.7. The maximum Gasteiger partial charge on any atom is 0.358 e. The lowest BCUT2D eigenvalue weighted by atomic mass is 9.82. The van der Waals surface area contributed by atoms with Crippen molar-refractivity contribution in [2.75, 3.05) is 0 Å². The Bertz CT molecular complexity index is 775. The monoisotopic (exact) mass is 364 g/mol. The van der Waals surface area contributed by atoms with Crippen LogP contribution < -0.4 is 4.74 Å². The van der Waals surface area contributed by atoms with Crippen LogP contribution in [0, 0.1) is 17.9 Å². The Kier molecular flexibility index (Phi) is 6.28. The van der Waals surface area contributed by atoms with Crippen LogP contribution in [-0.2, 0) is 21.1 Å². The zero-order chi connectivity index (χ0) is 19.2. The Morgan fingerprint density at radius 2 is 1.74 bits per heavy atom. The van der Waals surface area contributed by atoms with Crippen molar-refractivity contribution in [3.63, 3.8) is 0 Å². The zero-order valence-corrected chi connectivity index (χ0v) is 15.6. The molecule has 2 aliphatic carbocycles. The molecular weight excluding hydrogens is 340 g/mol. The third kappa shape index (κ3) is 5.19. The molecule has 1 aromatic rings. The molecule has 0 amide bonds. The van der Waals surface area contributed by atoms with Crippen LogP contribution in [0.25, 0.3) is 0 Å². The molecule has 4 heteroatoms. The van der Waals surface area contributed by atoms with Gasteiger partial charge < -0.3 is 4.74 Å². The van der Waals surface area contributed by atoms with Crippen molar-refractivity contribution in [3.8, 4) is 5.75 Å². The van der Waals surface area contributed by atoms with Crippen LogP contribution >= 0.6 is 0 Å². The fourth-order valence-corrected chi connectivity index (χ4v) is 3.63. The first-order chi connectivity index (χ1) is 13.0. The summed E-state index contributed by atoms with van der Waals surface area (Å²) in [6.45, 7) is 2.13. The number of benzene rings is 1. The number of esters is 1. The predicted octanol–water partition coefficient (Wildman–Crippen LogP) is 4.53. The van der Waals surface area contributed by atoms with Gasteiger partial charge in [0.2, 0.25) is 0 Å². The van der Waals surface area contributed by atoms with E-state index in [0.717, 1.165) is 12.8 Å². The molecule has 0 unspecified atom stereocenters. The fraction of sp³-hybridized carbons (Fsp3) is 0.391. The average molecular weight is 364 g/mol. The summed E-state index contributed by atoms with van der Waals surface area (Å²) >= 11 is 0. The molecule has 0 spiro atoms. The molecule has 3 rings (SSSR count). The third-order valence-corrected chi connectivity index (χ3v) is 5.37. The van der Waals surface area contributed by atoms with E-state index in [9.17, 15) is 14.7 Å². The molecular formula is C23H24O4. The van der Waals surface area contributed by atoms with E-state index in [2.05, 4.69) is 19.1 Å². The molecule has 1 fully saturated rings. The van der Waals surface area contributed by atoms with E-state index in [0.29, 0.717) is 31.4 Å². The molecule has 0 aliphatic heterocycles. The Balaban J connectivity index is 1.53. The highest BCUT2D eigenvalue weighted by atomic mass is 16.5. The van der Waals surface area contributed by atoms with Gasteiger partial charge in [-0.3, -0.25) is 4.79 Å². The van der Waals surface area contributed by atoms with Crippen LogP contribution in [0.15, 0.2) is 53.6 Å². The van der Waals surface area contributed by atoms with Gasteiger partial charge in [0.15, 0.2) is 0 Å². The molecule has 4 nitrogen and oxygen atoms in total. The summed E-state index contributed by atoms with van der Waals surface area (Å²) < 4.78 is 5.49. The summed E-state index contributed by atoms with van der Waals surface area (Å²) in [6.07, 6.45) is 13.0. The molecule has 0 saturated heterocycles. The molecule has 0 N–H and O–H groups in total. The summed E-state index contributed by atoms with van der Waals surface area (Å²) in [7, 11) is 0. The van der Waals surface area contributed by atoms with Crippen molar-refractivity contribution >= 4 is 11.9 Å². The highest BCUT2D eigenvalue weighted by Crippen LogP contribution is 2.30. The van der Waals surface area contributed by atoms with Gasteiger partial charge in [0.05, 0.1) is 11.8 Å². The lowest BCUT2D eigenvalue weighted by Crippen LogP contribution is -2.28. The van der Waals surface area contributed by atoms with E-state index < -0.39 is 11.9 Å². The van der Waals surface area contributed by atoms with Crippen molar-refractivity contribution in [2.45, 2.75) is 45.4 Å². The Morgan fingerprint density at radius 1 is 1.07 bits per heavy atom. The minimum atomic E-state index is -1.01. The van der Waals surface area contributed by atoms with Gasteiger partial charge in [-0.15, -0.1) is 0 Å². The summed E-state index contributed by atoms with van der Waals surface area (Å²) in [5.41, 5.74) is 3.80. The molecule has 0 atom stereocenters. The molecule has 0 heterocycles. The van der Waals surface area contributed by atoms with E-state index in [-0.39, 0.29) is 11.9 Å². The van der Waals surface area contributed by atoms with Crippen molar-refractivity contribution in [2.24, 2.45) is 11.8 Å². The second-order valence-electron chi connectivity index (χ2n) is 7.32. The quantitative estimate of drug-likeness (QED) is 0.569. The maximum absolute atomic E-state index is 12.3. The van der Waals surface area contributed by atoms with Gasteiger partial charge in [0, 0.05) is 0 Å². The van der Waals surface area contributed by atoms with E-state index in [1.165, 1.54) is 16.7 Å². The minimum absolute atomic E-state index is 0.227.